The van der Waals surface area contributed by atoms with Crippen molar-refractivity contribution in [1.82, 2.24) is 20.6 Å². The van der Waals surface area contributed by atoms with Crippen molar-refractivity contribution in [2.24, 2.45) is 0 Å². The third-order valence-electron chi connectivity index (χ3n) is 5.67. The summed E-state index contributed by atoms with van der Waals surface area (Å²) >= 11 is 0. The second-order valence-electron chi connectivity index (χ2n) is 7.93. The fraction of sp³-hybridized carbons (Fsp3) is 0.167. The molecule has 0 unspecified atom stereocenters. The number of para-hydroxylation sites is 1. The van der Waals surface area contributed by atoms with Gasteiger partial charge in [-0.1, -0.05) is 30.3 Å². The summed E-state index contributed by atoms with van der Waals surface area (Å²) in [6, 6.07) is 17.4. The zero-order valence-electron chi connectivity index (χ0n) is 17.8. The molecule has 0 bridgehead atoms. The second-order valence-corrected chi connectivity index (χ2v) is 9.61. The molecule has 4 aromatic rings. The molecule has 1 aliphatic rings. The van der Waals surface area contributed by atoms with Gasteiger partial charge in [0.1, 0.15) is 5.69 Å². The summed E-state index contributed by atoms with van der Waals surface area (Å²) < 4.78 is 28.4. The third kappa shape index (κ3) is 4.46. The molecule has 0 aliphatic carbocycles. The first-order valence-electron chi connectivity index (χ1n) is 10.6. The summed E-state index contributed by atoms with van der Waals surface area (Å²) in [7, 11) is -3.79. The van der Waals surface area contributed by atoms with Crippen LogP contribution in [0.15, 0.2) is 71.8 Å². The first kappa shape index (κ1) is 21.2. The summed E-state index contributed by atoms with van der Waals surface area (Å²) in [5, 5.41) is 7.01. The number of amides is 1. The molecule has 0 saturated carbocycles. The minimum absolute atomic E-state index is 0.134. The Bertz CT molecular complexity index is 1400. The third-order valence-corrected chi connectivity index (χ3v) is 7.05. The fourth-order valence-corrected chi connectivity index (χ4v) is 5.00. The van der Waals surface area contributed by atoms with Crippen LogP contribution < -0.4 is 15.4 Å². The van der Waals surface area contributed by atoms with Crippen LogP contribution in [0.1, 0.15) is 27.3 Å². The van der Waals surface area contributed by atoms with Crippen LogP contribution >= 0.6 is 0 Å². The van der Waals surface area contributed by atoms with Crippen LogP contribution in [0.4, 0.5) is 5.69 Å². The van der Waals surface area contributed by atoms with E-state index in [9.17, 15) is 13.2 Å². The van der Waals surface area contributed by atoms with E-state index in [1.807, 2.05) is 18.2 Å². The topological polar surface area (TPSA) is 116 Å². The van der Waals surface area contributed by atoms with Crippen LogP contribution in [0, 0.1) is 0 Å². The zero-order valence-corrected chi connectivity index (χ0v) is 18.6. The van der Waals surface area contributed by atoms with E-state index in [-0.39, 0.29) is 10.8 Å². The quantitative estimate of drug-likeness (QED) is 0.352. The molecule has 1 amide bonds. The van der Waals surface area contributed by atoms with Crippen molar-refractivity contribution < 1.29 is 13.2 Å². The van der Waals surface area contributed by atoms with E-state index in [1.165, 1.54) is 12.1 Å². The highest BCUT2D eigenvalue weighted by Crippen LogP contribution is 2.24. The second kappa shape index (κ2) is 8.68. The monoisotopic (exact) mass is 461 g/mol. The van der Waals surface area contributed by atoms with Crippen molar-refractivity contribution in [3.05, 3.63) is 89.4 Å². The SMILES string of the molecule is O=C(NCc1ccc(S(=O)(=O)Nc2cccc3cccnc23)cc1)c1cc2c([nH]1)CCNC2. The highest BCUT2D eigenvalue weighted by molar-refractivity contribution is 7.92. The van der Waals surface area contributed by atoms with Gasteiger partial charge in [-0.05, 0) is 41.5 Å². The summed E-state index contributed by atoms with van der Waals surface area (Å²) in [6.45, 7) is 1.95. The van der Waals surface area contributed by atoms with Crippen LogP contribution in [0.5, 0.6) is 0 Å². The number of nitrogens with one attached hydrogen (secondary N) is 4. The standard InChI is InChI=1S/C24H23N5O3S/c30-24(22-13-18-15-25-12-10-20(18)28-22)27-14-16-6-8-19(9-7-16)33(31,32)29-21-5-1-3-17-4-2-11-26-23(17)21/h1-9,11,13,25,28-29H,10,12,14-15H2,(H,27,30). The highest BCUT2D eigenvalue weighted by Gasteiger charge is 2.17. The Morgan fingerprint density at radius 2 is 1.88 bits per heavy atom. The van der Waals surface area contributed by atoms with Gasteiger partial charge in [0.25, 0.3) is 15.9 Å². The summed E-state index contributed by atoms with van der Waals surface area (Å²) in [4.78, 5) is 20.1. The molecule has 2 aromatic carbocycles. The predicted octanol–water partition coefficient (Wildman–Crippen LogP) is 2.94. The number of anilines is 1. The van der Waals surface area contributed by atoms with Gasteiger partial charge in [-0.3, -0.25) is 14.5 Å². The van der Waals surface area contributed by atoms with E-state index >= 15 is 0 Å². The number of aromatic amines is 1. The van der Waals surface area contributed by atoms with Gasteiger partial charge in [-0.2, -0.15) is 0 Å². The Morgan fingerprint density at radius 3 is 2.70 bits per heavy atom. The van der Waals surface area contributed by atoms with Crippen molar-refractivity contribution in [1.29, 1.82) is 0 Å². The van der Waals surface area contributed by atoms with Crippen molar-refractivity contribution in [3.8, 4) is 0 Å². The van der Waals surface area contributed by atoms with Gasteiger partial charge < -0.3 is 15.6 Å². The van der Waals surface area contributed by atoms with Crippen LogP contribution in [0.25, 0.3) is 10.9 Å². The van der Waals surface area contributed by atoms with Gasteiger partial charge in [0.05, 0.1) is 16.1 Å². The molecule has 0 saturated heterocycles. The average Bonchev–Trinajstić information content (AvgIpc) is 3.27. The number of aromatic nitrogens is 2. The molecule has 4 N–H and O–H groups in total. The Hall–Kier alpha value is -3.69. The Labute approximate surface area is 191 Å². The molecule has 1 aliphatic heterocycles. The summed E-state index contributed by atoms with van der Waals surface area (Å²) in [5.74, 6) is -0.189. The van der Waals surface area contributed by atoms with Gasteiger partial charge in [0.15, 0.2) is 0 Å². The lowest BCUT2D eigenvalue weighted by molar-refractivity contribution is 0.0946. The number of hydrogen-bond acceptors (Lipinski definition) is 5. The van der Waals surface area contributed by atoms with Crippen molar-refractivity contribution in [3.63, 3.8) is 0 Å². The number of pyridine rings is 1. The molecule has 3 heterocycles. The lowest BCUT2D eigenvalue weighted by atomic mass is 10.1. The Morgan fingerprint density at radius 1 is 1.06 bits per heavy atom. The van der Waals surface area contributed by atoms with Gasteiger partial charge in [0.2, 0.25) is 0 Å². The van der Waals surface area contributed by atoms with Crippen molar-refractivity contribution in [2.75, 3.05) is 11.3 Å². The summed E-state index contributed by atoms with van der Waals surface area (Å²) in [6.07, 6.45) is 2.50. The number of nitrogens with zero attached hydrogens (tertiary/aromatic N) is 1. The smallest absolute Gasteiger partial charge is 0.267 e. The van der Waals surface area contributed by atoms with Gasteiger partial charge >= 0.3 is 0 Å². The van der Waals surface area contributed by atoms with Gasteiger partial charge in [-0.25, -0.2) is 8.42 Å². The Kier molecular flexibility index (Phi) is 5.57. The minimum atomic E-state index is -3.79. The first-order valence-corrected chi connectivity index (χ1v) is 12.1. The molecule has 168 valence electrons. The maximum absolute atomic E-state index is 12.9. The maximum Gasteiger partial charge on any atom is 0.267 e. The number of hydrogen-bond donors (Lipinski definition) is 4. The molecule has 8 nitrogen and oxygen atoms in total. The highest BCUT2D eigenvalue weighted by atomic mass is 32.2. The fourth-order valence-electron chi connectivity index (χ4n) is 3.93. The summed E-state index contributed by atoms with van der Waals surface area (Å²) in [5.41, 5.74) is 4.57. The lowest BCUT2D eigenvalue weighted by Gasteiger charge is -2.11. The number of benzene rings is 2. The molecule has 0 spiro atoms. The normalized spacial score (nSPS) is 13.5. The van der Waals surface area contributed by atoms with Crippen molar-refractivity contribution >= 4 is 32.5 Å². The van der Waals surface area contributed by atoms with E-state index in [2.05, 4.69) is 25.3 Å². The van der Waals surface area contributed by atoms with Crippen molar-refractivity contribution in [2.45, 2.75) is 24.4 Å². The molecule has 33 heavy (non-hydrogen) atoms. The van der Waals surface area contributed by atoms with Crippen LogP contribution in [-0.2, 0) is 29.5 Å². The van der Waals surface area contributed by atoms with E-state index < -0.39 is 10.0 Å². The molecule has 0 atom stereocenters. The lowest BCUT2D eigenvalue weighted by Crippen LogP contribution is -2.23. The van der Waals surface area contributed by atoms with Crippen LogP contribution in [0.3, 0.4) is 0 Å². The number of sulfonamides is 1. The molecular weight excluding hydrogens is 438 g/mol. The maximum atomic E-state index is 12.9. The number of carbonyl (C=O) groups excluding carboxylic acids is 1. The molecular formula is C24H23N5O3S. The number of rotatable bonds is 6. The zero-order chi connectivity index (χ0) is 22.8. The first-order chi connectivity index (χ1) is 16.0. The number of H-pyrrole nitrogens is 1. The largest absolute Gasteiger partial charge is 0.354 e. The van der Waals surface area contributed by atoms with Gasteiger partial charge in [-0.15, -0.1) is 0 Å². The van der Waals surface area contributed by atoms with Crippen LogP contribution in [0.2, 0.25) is 0 Å². The van der Waals surface area contributed by atoms with E-state index in [0.717, 1.165) is 41.7 Å². The Balaban J connectivity index is 1.26. The molecule has 2 aromatic heterocycles. The van der Waals surface area contributed by atoms with E-state index in [1.54, 1.807) is 36.5 Å². The minimum Gasteiger partial charge on any atom is -0.354 e. The molecule has 0 radical (unpaired) electrons. The molecule has 0 fully saturated rings. The average molecular weight is 462 g/mol. The van der Waals surface area contributed by atoms with Crippen LogP contribution in [-0.4, -0.2) is 30.8 Å². The number of fused-ring (bicyclic) bond motifs is 2. The van der Waals surface area contributed by atoms with Gasteiger partial charge in [0, 0.05) is 43.3 Å². The predicted molar refractivity (Wildman–Crippen MR) is 126 cm³/mol. The number of carbonyl (C=O) groups is 1. The molecule has 5 rings (SSSR count). The van der Waals surface area contributed by atoms with E-state index in [0.29, 0.717) is 23.4 Å². The molecule has 9 heteroatoms. The van der Waals surface area contributed by atoms with E-state index in [4.69, 9.17) is 0 Å².